The molecule has 35 heavy (non-hydrogen) atoms. The fourth-order valence-electron chi connectivity index (χ4n) is 3.65. The molecule has 1 saturated heterocycles. The summed E-state index contributed by atoms with van der Waals surface area (Å²) in [4.78, 5) is 29.0. The normalized spacial score (nSPS) is 14.5. The molecule has 0 radical (unpaired) electrons. The maximum absolute atomic E-state index is 12.7. The van der Waals surface area contributed by atoms with E-state index in [1.54, 1.807) is 23.1 Å². The number of carbonyl (C=O) groups excluding carboxylic acids is 2. The minimum absolute atomic E-state index is 0.215. The molecule has 2 aromatic carbocycles. The first kappa shape index (κ1) is 26.8. The lowest BCUT2D eigenvalue weighted by Gasteiger charge is -2.35. The number of unbranched alkanes of at least 4 members (excludes halogenated alkanes) is 1. The molecule has 2 amide bonds. The fourth-order valence-corrected chi connectivity index (χ4v) is 3.82. The van der Waals surface area contributed by atoms with Gasteiger partial charge in [0.15, 0.2) is 0 Å². The lowest BCUT2D eigenvalue weighted by Crippen LogP contribution is -2.49. The summed E-state index contributed by atoms with van der Waals surface area (Å²) in [5.74, 6) is 0.308. The Morgan fingerprint density at radius 1 is 1.03 bits per heavy atom. The summed E-state index contributed by atoms with van der Waals surface area (Å²) in [6.45, 7) is 11.9. The Hall–Kier alpha value is -2.77. The van der Waals surface area contributed by atoms with Crippen LogP contribution in [0.25, 0.3) is 0 Å². The molecule has 1 fully saturated rings. The van der Waals surface area contributed by atoms with Gasteiger partial charge in [0.05, 0.1) is 11.6 Å². The molecule has 1 aliphatic heterocycles. The second kappa shape index (κ2) is 12.3. The van der Waals surface area contributed by atoms with Crippen LogP contribution in [0.4, 0.5) is 10.5 Å². The van der Waals surface area contributed by atoms with Crippen LogP contribution in [0, 0.1) is 0 Å². The molecular formula is C27H36ClN3O4. The monoisotopic (exact) mass is 501 g/mol. The van der Waals surface area contributed by atoms with E-state index in [1.807, 2.05) is 45.0 Å². The number of carbonyl (C=O) groups is 2. The highest BCUT2D eigenvalue weighted by atomic mass is 35.5. The van der Waals surface area contributed by atoms with E-state index in [9.17, 15) is 9.59 Å². The zero-order valence-electron chi connectivity index (χ0n) is 21.1. The molecule has 190 valence electrons. The maximum Gasteiger partial charge on any atom is 0.410 e. The van der Waals surface area contributed by atoms with Gasteiger partial charge in [0.2, 0.25) is 0 Å². The molecule has 0 bridgehead atoms. The number of rotatable bonds is 8. The number of ether oxygens (including phenoxy) is 2. The summed E-state index contributed by atoms with van der Waals surface area (Å²) in [7, 11) is 0. The molecule has 1 aliphatic rings. The number of hydrogen-bond donors (Lipinski definition) is 1. The van der Waals surface area contributed by atoms with Crippen LogP contribution in [-0.4, -0.2) is 60.2 Å². The van der Waals surface area contributed by atoms with Crippen molar-refractivity contribution in [2.45, 2.75) is 52.7 Å². The first-order valence-electron chi connectivity index (χ1n) is 12.2. The third kappa shape index (κ3) is 8.44. The number of hydrogen-bond acceptors (Lipinski definition) is 5. The minimum atomic E-state index is -0.482. The van der Waals surface area contributed by atoms with Gasteiger partial charge in [0.25, 0.3) is 5.91 Å². The van der Waals surface area contributed by atoms with Crippen molar-refractivity contribution in [1.29, 1.82) is 0 Å². The molecule has 0 unspecified atom stereocenters. The Kier molecular flexibility index (Phi) is 9.40. The molecular weight excluding hydrogens is 466 g/mol. The number of amides is 2. The summed E-state index contributed by atoms with van der Waals surface area (Å²) in [6, 6.07) is 12.9. The molecule has 8 heteroatoms. The Morgan fingerprint density at radius 3 is 2.34 bits per heavy atom. The van der Waals surface area contributed by atoms with Crippen molar-refractivity contribution in [1.82, 2.24) is 9.80 Å². The van der Waals surface area contributed by atoms with Crippen LogP contribution < -0.4 is 10.1 Å². The smallest absolute Gasteiger partial charge is 0.410 e. The van der Waals surface area contributed by atoms with Gasteiger partial charge >= 0.3 is 6.09 Å². The van der Waals surface area contributed by atoms with Crippen molar-refractivity contribution in [3.05, 3.63) is 58.6 Å². The van der Waals surface area contributed by atoms with E-state index >= 15 is 0 Å². The summed E-state index contributed by atoms with van der Waals surface area (Å²) >= 11 is 6.20. The summed E-state index contributed by atoms with van der Waals surface area (Å²) in [5.41, 5.74) is 1.88. The fraction of sp³-hybridized carbons (Fsp3) is 0.481. The lowest BCUT2D eigenvalue weighted by atomic mass is 10.1. The second-order valence-corrected chi connectivity index (χ2v) is 10.1. The summed E-state index contributed by atoms with van der Waals surface area (Å²) in [5, 5.41) is 3.42. The number of nitrogens with zero attached hydrogens (tertiary/aromatic N) is 2. The Morgan fingerprint density at radius 2 is 1.71 bits per heavy atom. The molecule has 0 atom stereocenters. The highest BCUT2D eigenvalue weighted by Gasteiger charge is 2.25. The Balaban J connectivity index is 1.50. The topological polar surface area (TPSA) is 71.1 Å². The summed E-state index contributed by atoms with van der Waals surface area (Å²) < 4.78 is 11.2. The van der Waals surface area contributed by atoms with Gasteiger partial charge in [-0.25, -0.2) is 4.79 Å². The third-order valence-electron chi connectivity index (χ3n) is 5.59. The number of nitrogens with one attached hydrogen (secondary N) is 1. The average Bonchev–Trinajstić information content (AvgIpc) is 2.81. The van der Waals surface area contributed by atoms with E-state index in [0.29, 0.717) is 36.0 Å². The van der Waals surface area contributed by atoms with Crippen molar-refractivity contribution in [2.75, 3.05) is 38.1 Å². The summed E-state index contributed by atoms with van der Waals surface area (Å²) in [6.07, 6.45) is 1.70. The zero-order chi connectivity index (χ0) is 25.4. The third-order valence-corrected chi connectivity index (χ3v) is 5.90. The highest BCUT2D eigenvalue weighted by molar-refractivity contribution is 6.32. The SMILES string of the molecule is CCCCOc1cc(C(=O)Nc2ccc(CN3CCN(C(=O)OC(C)(C)C)CC3)cc2)ccc1Cl. The van der Waals surface area contributed by atoms with Crippen LogP contribution in [0.2, 0.25) is 5.02 Å². The van der Waals surface area contributed by atoms with Gasteiger partial charge in [-0.3, -0.25) is 9.69 Å². The van der Waals surface area contributed by atoms with E-state index in [-0.39, 0.29) is 12.0 Å². The van der Waals surface area contributed by atoms with Crippen molar-refractivity contribution in [3.8, 4) is 5.75 Å². The van der Waals surface area contributed by atoms with Crippen molar-refractivity contribution in [2.24, 2.45) is 0 Å². The minimum Gasteiger partial charge on any atom is -0.492 e. The van der Waals surface area contributed by atoms with Crippen LogP contribution in [0.1, 0.15) is 56.5 Å². The van der Waals surface area contributed by atoms with Gasteiger partial charge in [-0.05, 0) is 63.1 Å². The molecule has 7 nitrogen and oxygen atoms in total. The van der Waals surface area contributed by atoms with E-state index in [4.69, 9.17) is 21.1 Å². The van der Waals surface area contributed by atoms with Crippen LogP contribution in [0.15, 0.2) is 42.5 Å². The van der Waals surface area contributed by atoms with Gasteiger partial charge in [-0.2, -0.15) is 0 Å². The van der Waals surface area contributed by atoms with Gasteiger partial charge in [0, 0.05) is 44.0 Å². The van der Waals surface area contributed by atoms with Crippen LogP contribution in [-0.2, 0) is 11.3 Å². The molecule has 3 rings (SSSR count). The first-order chi connectivity index (χ1) is 16.6. The van der Waals surface area contributed by atoms with Gasteiger partial charge < -0.3 is 19.7 Å². The molecule has 0 saturated carbocycles. The van der Waals surface area contributed by atoms with Crippen molar-refractivity contribution < 1.29 is 19.1 Å². The van der Waals surface area contributed by atoms with Crippen LogP contribution >= 0.6 is 11.6 Å². The van der Waals surface area contributed by atoms with Crippen LogP contribution in [0.5, 0.6) is 5.75 Å². The zero-order valence-corrected chi connectivity index (χ0v) is 21.9. The standard InChI is InChI=1S/C27H36ClN3O4/c1-5-6-17-34-24-18-21(9-12-23(24)28)25(32)29-22-10-7-20(8-11-22)19-30-13-15-31(16-14-30)26(33)35-27(2,3)4/h7-12,18H,5-6,13-17,19H2,1-4H3,(H,29,32). The van der Waals surface area contributed by atoms with E-state index in [1.165, 1.54) is 0 Å². The highest BCUT2D eigenvalue weighted by Crippen LogP contribution is 2.26. The lowest BCUT2D eigenvalue weighted by molar-refractivity contribution is 0.0139. The van der Waals surface area contributed by atoms with E-state index in [0.717, 1.165) is 43.7 Å². The second-order valence-electron chi connectivity index (χ2n) is 9.74. The predicted octanol–water partition coefficient (Wildman–Crippen LogP) is 5.82. The molecule has 1 heterocycles. The Labute approximate surface area is 213 Å². The van der Waals surface area contributed by atoms with Gasteiger partial charge in [-0.1, -0.05) is 37.1 Å². The quantitative estimate of drug-likeness (QED) is 0.461. The van der Waals surface area contributed by atoms with Gasteiger partial charge in [0.1, 0.15) is 11.4 Å². The number of benzene rings is 2. The number of anilines is 1. The van der Waals surface area contributed by atoms with Gasteiger partial charge in [-0.15, -0.1) is 0 Å². The Bertz CT molecular complexity index is 996. The molecule has 2 aromatic rings. The number of halogens is 1. The maximum atomic E-state index is 12.7. The molecule has 1 N–H and O–H groups in total. The molecule has 0 spiro atoms. The molecule has 0 aliphatic carbocycles. The van der Waals surface area contributed by atoms with Crippen LogP contribution in [0.3, 0.4) is 0 Å². The predicted molar refractivity (Wildman–Crippen MR) is 139 cm³/mol. The largest absolute Gasteiger partial charge is 0.492 e. The van der Waals surface area contributed by atoms with E-state index < -0.39 is 5.60 Å². The average molecular weight is 502 g/mol. The molecule has 0 aromatic heterocycles. The van der Waals surface area contributed by atoms with Crippen molar-refractivity contribution >= 4 is 29.3 Å². The van der Waals surface area contributed by atoms with E-state index in [2.05, 4.69) is 17.1 Å². The first-order valence-corrected chi connectivity index (χ1v) is 12.6. The number of piperazine rings is 1. The van der Waals surface area contributed by atoms with Crippen molar-refractivity contribution in [3.63, 3.8) is 0 Å².